The van der Waals surface area contributed by atoms with Gasteiger partial charge in [0, 0.05) is 12.4 Å². The lowest BCUT2D eigenvalue weighted by molar-refractivity contribution is -0.124. The molecular weight excluding hydrogens is 348 g/mol. The van der Waals surface area contributed by atoms with Crippen molar-refractivity contribution in [3.8, 4) is 11.3 Å². The molecule has 8 nitrogen and oxygen atoms in total. The summed E-state index contributed by atoms with van der Waals surface area (Å²) in [4.78, 5) is 27.4. The number of furan rings is 1. The average Bonchev–Trinajstić information content (AvgIpc) is 3.15. The second kappa shape index (κ2) is 8.22. The zero-order valence-corrected chi connectivity index (χ0v) is 15.0. The Morgan fingerprint density at radius 1 is 1.26 bits per heavy atom. The summed E-state index contributed by atoms with van der Waals surface area (Å²) in [5.74, 6) is -0.194. The molecule has 2 heterocycles. The number of rotatable bonds is 6. The quantitative estimate of drug-likeness (QED) is 0.608. The minimum Gasteiger partial charge on any atom is -0.478 e. The van der Waals surface area contributed by atoms with Crippen LogP contribution in [0.25, 0.3) is 11.3 Å². The predicted molar refractivity (Wildman–Crippen MR) is 99.7 cm³/mol. The number of anilines is 1. The number of carbonyl (C=O) groups is 2. The number of aromatic carboxylic acids is 1. The molecule has 1 aliphatic rings. The van der Waals surface area contributed by atoms with E-state index in [-0.39, 0.29) is 29.6 Å². The fraction of sp³-hybridized carbons (Fsp3) is 0.421. The fourth-order valence-corrected chi connectivity index (χ4v) is 3.45. The molecule has 0 radical (unpaired) electrons. The summed E-state index contributed by atoms with van der Waals surface area (Å²) in [5.41, 5.74) is 12.4. The van der Waals surface area contributed by atoms with Crippen molar-refractivity contribution in [1.29, 1.82) is 0 Å². The molecule has 8 heteroatoms. The molecular formula is C19H24N4O4. The first-order chi connectivity index (χ1) is 13.0. The van der Waals surface area contributed by atoms with E-state index in [2.05, 4.69) is 10.3 Å². The van der Waals surface area contributed by atoms with Crippen LogP contribution in [0.15, 0.2) is 28.9 Å². The number of nitrogens with one attached hydrogen (secondary N) is 1. The van der Waals surface area contributed by atoms with Gasteiger partial charge in [-0.05, 0) is 30.9 Å². The Labute approximate surface area is 156 Å². The van der Waals surface area contributed by atoms with E-state index in [1.165, 1.54) is 18.8 Å². The lowest BCUT2D eigenvalue weighted by Crippen LogP contribution is -2.45. The van der Waals surface area contributed by atoms with E-state index in [4.69, 9.17) is 21.0 Å². The van der Waals surface area contributed by atoms with E-state index in [1.54, 1.807) is 12.1 Å². The van der Waals surface area contributed by atoms with Gasteiger partial charge in [-0.1, -0.05) is 19.3 Å². The number of aromatic nitrogens is 1. The van der Waals surface area contributed by atoms with Crippen molar-refractivity contribution in [3.05, 3.63) is 35.9 Å². The van der Waals surface area contributed by atoms with E-state index in [1.807, 2.05) is 0 Å². The molecule has 0 aliphatic heterocycles. The average molecular weight is 372 g/mol. The molecule has 0 bridgehead atoms. The number of carbonyl (C=O) groups excluding carboxylic acids is 1. The standard InChI is InChI=1S/C19H24N4O4/c20-16(11-4-2-1-3-5-11)18(24)23-8-12-6-7-15(27-12)13-9-22-10-14(17(13)21)19(25)26/h6-7,9-11,16H,1-5,8,20H2,(H2,21,22)(H,23,24)(H,25,26)/t16-/m1/s1. The van der Waals surface area contributed by atoms with E-state index in [9.17, 15) is 9.59 Å². The smallest absolute Gasteiger partial charge is 0.339 e. The third kappa shape index (κ3) is 4.28. The number of nitrogens with zero attached hydrogens (tertiary/aromatic N) is 1. The van der Waals surface area contributed by atoms with Gasteiger partial charge in [0.1, 0.15) is 17.1 Å². The lowest BCUT2D eigenvalue weighted by Gasteiger charge is -2.26. The van der Waals surface area contributed by atoms with Crippen molar-refractivity contribution >= 4 is 17.6 Å². The summed E-state index contributed by atoms with van der Waals surface area (Å²) < 4.78 is 5.69. The first-order valence-electron chi connectivity index (χ1n) is 9.06. The molecule has 27 heavy (non-hydrogen) atoms. The SMILES string of the molecule is Nc1c(C(=O)O)cncc1-c1ccc(CNC(=O)[C@H](N)C2CCCCC2)o1. The van der Waals surface area contributed by atoms with Gasteiger partial charge in [0.25, 0.3) is 0 Å². The zero-order valence-electron chi connectivity index (χ0n) is 15.0. The summed E-state index contributed by atoms with van der Waals surface area (Å²) in [5, 5.41) is 11.9. The number of hydrogen-bond acceptors (Lipinski definition) is 6. The maximum absolute atomic E-state index is 12.3. The summed E-state index contributed by atoms with van der Waals surface area (Å²) >= 11 is 0. The highest BCUT2D eigenvalue weighted by atomic mass is 16.4. The molecule has 6 N–H and O–H groups in total. The predicted octanol–water partition coefficient (Wildman–Crippen LogP) is 2.15. The van der Waals surface area contributed by atoms with Crippen LogP contribution in [-0.2, 0) is 11.3 Å². The van der Waals surface area contributed by atoms with Gasteiger partial charge < -0.3 is 26.3 Å². The highest BCUT2D eigenvalue weighted by Gasteiger charge is 2.26. The Kier molecular flexibility index (Phi) is 5.75. The van der Waals surface area contributed by atoms with Gasteiger partial charge in [0.2, 0.25) is 5.91 Å². The van der Waals surface area contributed by atoms with Crippen LogP contribution in [0.3, 0.4) is 0 Å². The van der Waals surface area contributed by atoms with Gasteiger partial charge in [0.15, 0.2) is 0 Å². The van der Waals surface area contributed by atoms with E-state index in [0.29, 0.717) is 17.1 Å². The zero-order chi connectivity index (χ0) is 19.4. The Bertz CT molecular complexity index is 827. The summed E-state index contributed by atoms with van der Waals surface area (Å²) in [6.45, 7) is 0.200. The van der Waals surface area contributed by atoms with Crippen LogP contribution in [-0.4, -0.2) is 28.0 Å². The lowest BCUT2D eigenvalue weighted by atomic mass is 9.84. The van der Waals surface area contributed by atoms with Crippen LogP contribution in [0.1, 0.15) is 48.2 Å². The van der Waals surface area contributed by atoms with Crippen LogP contribution in [0.4, 0.5) is 5.69 Å². The van der Waals surface area contributed by atoms with E-state index in [0.717, 1.165) is 25.7 Å². The molecule has 0 unspecified atom stereocenters. The second-order valence-corrected chi connectivity index (χ2v) is 6.86. The van der Waals surface area contributed by atoms with Gasteiger partial charge in [-0.25, -0.2) is 4.79 Å². The molecule has 1 atom stereocenters. The Hall–Kier alpha value is -2.87. The fourth-order valence-electron chi connectivity index (χ4n) is 3.45. The van der Waals surface area contributed by atoms with Gasteiger partial charge in [-0.15, -0.1) is 0 Å². The molecule has 1 fully saturated rings. The largest absolute Gasteiger partial charge is 0.478 e. The second-order valence-electron chi connectivity index (χ2n) is 6.86. The minimum absolute atomic E-state index is 0.0850. The van der Waals surface area contributed by atoms with E-state index >= 15 is 0 Å². The monoisotopic (exact) mass is 372 g/mol. The number of amides is 1. The van der Waals surface area contributed by atoms with Crippen molar-refractivity contribution in [3.63, 3.8) is 0 Å². The van der Waals surface area contributed by atoms with Crippen LogP contribution in [0, 0.1) is 5.92 Å². The highest BCUT2D eigenvalue weighted by molar-refractivity contribution is 5.97. The topological polar surface area (TPSA) is 144 Å². The van der Waals surface area contributed by atoms with Crippen molar-refractivity contribution in [2.45, 2.75) is 44.7 Å². The number of carboxylic acids is 1. The maximum Gasteiger partial charge on any atom is 0.339 e. The number of hydrogen-bond donors (Lipinski definition) is 4. The molecule has 3 rings (SSSR count). The Balaban J connectivity index is 1.64. The third-order valence-electron chi connectivity index (χ3n) is 5.04. The molecule has 1 amide bonds. The van der Waals surface area contributed by atoms with Crippen LogP contribution < -0.4 is 16.8 Å². The number of carboxylic acid groups (broad SMARTS) is 1. The Morgan fingerprint density at radius 3 is 2.70 bits per heavy atom. The molecule has 1 aliphatic carbocycles. The molecule has 2 aromatic rings. The summed E-state index contributed by atoms with van der Waals surface area (Å²) in [6, 6.07) is 2.86. The van der Waals surface area contributed by atoms with Gasteiger partial charge in [0.05, 0.1) is 23.8 Å². The first kappa shape index (κ1) is 18.9. The molecule has 1 saturated carbocycles. The maximum atomic E-state index is 12.3. The Morgan fingerprint density at radius 2 is 2.00 bits per heavy atom. The molecule has 0 spiro atoms. The number of nitrogen functional groups attached to an aromatic ring is 1. The van der Waals surface area contributed by atoms with Gasteiger partial charge in [-0.3, -0.25) is 9.78 Å². The summed E-state index contributed by atoms with van der Waals surface area (Å²) in [7, 11) is 0. The molecule has 0 aromatic carbocycles. The highest BCUT2D eigenvalue weighted by Crippen LogP contribution is 2.29. The van der Waals surface area contributed by atoms with Crippen molar-refractivity contribution in [2.24, 2.45) is 11.7 Å². The minimum atomic E-state index is -1.16. The van der Waals surface area contributed by atoms with Crippen molar-refractivity contribution in [2.75, 3.05) is 5.73 Å². The molecule has 0 saturated heterocycles. The van der Waals surface area contributed by atoms with Crippen molar-refractivity contribution in [1.82, 2.24) is 10.3 Å². The van der Waals surface area contributed by atoms with E-state index < -0.39 is 12.0 Å². The van der Waals surface area contributed by atoms with Crippen LogP contribution in [0.5, 0.6) is 0 Å². The van der Waals surface area contributed by atoms with Gasteiger partial charge >= 0.3 is 5.97 Å². The third-order valence-corrected chi connectivity index (χ3v) is 5.04. The normalized spacial score (nSPS) is 16.0. The molecule has 144 valence electrons. The van der Waals surface area contributed by atoms with Crippen LogP contribution in [0.2, 0.25) is 0 Å². The van der Waals surface area contributed by atoms with Crippen LogP contribution >= 0.6 is 0 Å². The molecule has 2 aromatic heterocycles. The summed E-state index contributed by atoms with van der Waals surface area (Å²) in [6.07, 6.45) is 8.08. The number of nitrogens with two attached hydrogens (primary N) is 2. The van der Waals surface area contributed by atoms with Gasteiger partial charge in [-0.2, -0.15) is 0 Å². The first-order valence-corrected chi connectivity index (χ1v) is 9.06. The number of pyridine rings is 1. The van der Waals surface area contributed by atoms with Crippen molar-refractivity contribution < 1.29 is 19.1 Å².